The molecule has 0 radical (unpaired) electrons. The minimum absolute atomic E-state index is 0.297. The first-order valence-corrected chi connectivity index (χ1v) is 6.12. The predicted molar refractivity (Wildman–Crippen MR) is 62.0 cm³/mol. The van der Waals surface area contributed by atoms with Crippen molar-refractivity contribution in [2.45, 2.75) is 37.8 Å². The predicted octanol–water partition coefficient (Wildman–Crippen LogP) is 2.14. The van der Waals surface area contributed by atoms with Crippen molar-refractivity contribution < 1.29 is 23.1 Å². The average molecular weight is 273 g/mol. The molecule has 6 heteroatoms. The lowest BCUT2D eigenvalue weighted by molar-refractivity contribution is 0.0716. The number of hydrogen-bond acceptors (Lipinski definition) is 2. The first kappa shape index (κ1) is 13.9. The Kier molecular flexibility index (Phi) is 4.09. The van der Waals surface area contributed by atoms with Crippen molar-refractivity contribution in [1.82, 2.24) is 5.32 Å². The Morgan fingerprint density at radius 1 is 1.16 bits per heavy atom. The third-order valence-electron chi connectivity index (χ3n) is 3.29. The molecule has 0 unspecified atom stereocenters. The van der Waals surface area contributed by atoms with E-state index >= 15 is 0 Å². The Bertz CT molecular complexity index is 470. The summed E-state index contributed by atoms with van der Waals surface area (Å²) in [5, 5.41) is 12.2. The number of aliphatic hydroxyl groups excluding tert-OH is 1. The zero-order valence-corrected chi connectivity index (χ0v) is 10.1. The summed E-state index contributed by atoms with van der Waals surface area (Å²) in [4.78, 5) is 11.8. The molecule has 19 heavy (non-hydrogen) atoms. The van der Waals surface area contributed by atoms with Gasteiger partial charge in [0.25, 0.3) is 5.91 Å². The van der Waals surface area contributed by atoms with Crippen molar-refractivity contribution in [2.75, 3.05) is 0 Å². The molecule has 0 saturated heterocycles. The summed E-state index contributed by atoms with van der Waals surface area (Å²) in [7, 11) is 0. The van der Waals surface area contributed by atoms with Gasteiger partial charge in [-0.1, -0.05) is 12.8 Å². The molecule has 1 aliphatic carbocycles. The van der Waals surface area contributed by atoms with Gasteiger partial charge in [-0.05, 0) is 25.0 Å². The van der Waals surface area contributed by atoms with Gasteiger partial charge < -0.3 is 10.4 Å². The summed E-state index contributed by atoms with van der Waals surface area (Å²) in [5.74, 6) is -5.14. The Labute approximate surface area is 108 Å². The van der Waals surface area contributed by atoms with Gasteiger partial charge in [0.2, 0.25) is 0 Å². The fraction of sp³-hybridized carbons (Fsp3) is 0.462. The number of amides is 1. The van der Waals surface area contributed by atoms with Crippen molar-refractivity contribution in [3.8, 4) is 0 Å². The second-order valence-corrected chi connectivity index (χ2v) is 4.69. The van der Waals surface area contributed by atoms with Gasteiger partial charge in [-0.2, -0.15) is 0 Å². The Morgan fingerprint density at radius 2 is 1.74 bits per heavy atom. The van der Waals surface area contributed by atoms with Gasteiger partial charge in [0, 0.05) is 5.56 Å². The summed E-state index contributed by atoms with van der Waals surface area (Å²) in [5.41, 5.74) is -0.297. The second kappa shape index (κ2) is 5.61. The molecule has 1 amide bonds. The van der Waals surface area contributed by atoms with Crippen molar-refractivity contribution in [2.24, 2.45) is 0 Å². The molecule has 104 valence electrons. The Balaban J connectivity index is 2.11. The molecule has 0 heterocycles. The SMILES string of the molecule is O=C(N[C@@H]1CCCC[C@H]1O)c1cc(F)c(F)c(F)c1. The lowest BCUT2D eigenvalue weighted by Crippen LogP contribution is -2.45. The second-order valence-electron chi connectivity index (χ2n) is 4.69. The molecular weight excluding hydrogens is 259 g/mol. The van der Waals surface area contributed by atoms with E-state index in [4.69, 9.17) is 0 Å². The fourth-order valence-corrected chi connectivity index (χ4v) is 2.22. The molecule has 1 saturated carbocycles. The smallest absolute Gasteiger partial charge is 0.251 e. The topological polar surface area (TPSA) is 49.3 Å². The molecule has 2 rings (SSSR count). The zero-order valence-electron chi connectivity index (χ0n) is 10.1. The fourth-order valence-electron chi connectivity index (χ4n) is 2.22. The summed E-state index contributed by atoms with van der Waals surface area (Å²) < 4.78 is 38.8. The van der Waals surface area contributed by atoms with Crippen LogP contribution in [0.1, 0.15) is 36.0 Å². The molecular formula is C13H14F3NO2. The van der Waals surface area contributed by atoms with Gasteiger partial charge >= 0.3 is 0 Å². The van der Waals surface area contributed by atoms with Crippen molar-refractivity contribution in [3.05, 3.63) is 35.1 Å². The number of carbonyl (C=O) groups excluding carboxylic acids is 1. The molecule has 3 nitrogen and oxygen atoms in total. The first-order chi connectivity index (χ1) is 8.99. The lowest BCUT2D eigenvalue weighted by atomic mass is 9.92. The molecule has 1 fully saturated rings. The third kappa shape index (κ3) is 3.07. The molecule has 0 spiro atoms. The van der Waals surface area contributed by atoms with Crippen LogP contribution >= 0.6 is 0 Å². The molecule has 0 aromatic heterocycles. The van der Waals surface area contributed by atoms with Crippen LogP contribution in [0.15, 0.2) is 12.1 Å². The number of rotatable bonds is 2. The van der Waals surface area contributed by atoms with Crippen LogP contribution in [0.2, 0.25) is 0 Å². The van der Waals surface area contributed by atoms with E-state index in [0.717, 1.165) is 12.8 Å². The van der Waals surface area contributed by atoms with Gasteiger partial charge in [-0.3, -0.25) is 4.79 Å². The monoisotopic (exact) mass is 273 g/mol. The summed E-state index contributed by atoms with van der Waals surface area (Å²) >= 11 is 0. The average Bonchev–Trinajstić information content (AvgIpc) is 2.38. The van der Waals surface area contributed by atoms with Crippen molar-refractivity contribution in [1.29, 1.82) is 0 Å². The molecule has 0 aliphatic heterocycles. The molecule has 2 atom stereocenters. The molecule has 0 bridgehead atoms. The van der Waals surface area contributed by atoms with E-state index in [1.165, 1.54) is 0 Å². The van der Waals surface area contributed by atoms with Gasteiger partial charge in [0.15, 0.2) is 17.5 Å². The van der Waals surface area contributed by atoms with Crippen LogP contribution in [0, 0.1) is 17.5 Å². The highest BCUT2D eigenvalue weighted by Gasteiger charge is 2.25. The van der Waals surface area contributed by atoms with Gasteiger partial charge in [-0.15, -0.1) is 0 Å². The van der Waals surface area contributed by atoms with Crippen molar-refractivity contribution in [3.63, 3.8) is 0 Å². The number of aliphatic hydroxyl groups is 1. The van der Waals surface area contributed by atoms with E-state index in [1.807, 2.05) is 0 Å². The molecule has 2 N–H and O–H groups in total. The number of hydrogen-bond donors (Lipinski definition) is 2. The van der Waals surface area contributed by atoms with Crippen LogP contribution in [0.5, 0.6) is 0 Å². The zero-order chi connectivity index (χ0) is 14.0. The largest absolute Gasteiger partial charge is 0.391 e. The minimum atomic E-state index is -1.60. The molecule has 1 aromatic rings. The van der Waals surface area contributed by atoms with Gasteiger partial charge in [-0.25, -0.2) is 13.2 Å². The highest BCUT2D eigenvalue weighted by Crippen LogP contribution is 2.19. The van der Waals surface area contributed by atoms with Crippen LogP contribution in [0.4, 0.5) is 13.2 Å². The Morgan fingerprint density at radius 3 is 2.32 bits per heavy atom. The number of carbonyl (C=O) groups is 1. The quantitative estimate of drug-likeness (QED) is 0.811. The highest BCUT2D eigenvalue weighted by molar-refractivity contribution is 5.94. The van der Waals surface area contributed by atoms with Crippen LogP contribution in [0.3, 0.4) is 0 Å². The van der Waals surface area contributed by atoms with E-state index < -0.39 is 35.5 Å². The molecule has 1 aliphatic rings. The van der Waals surface area contributed by atoms with Crippen LogP contribution < -0.4 is 5.32 Å². The third-order valence-corrected chi connectivity index (χ3v) is 3.29. The number of halogens is 3. The van der Waals surface area contributed by atoms with E-state index in [-0.39, 0.29) is 5.56 Å². The summed E-state index contributed by atoms with van der Waals surface area (Å²) in [6.07, 6.45) is 2.28. The van der Waals surface area contributed by atoms with E-state index in [2.05, 4.69) is 5.32 Å². The maximum Gasteiger partial charge on any atom is 0.251 e. The standard InChI is InChI=1S/C13H14F3NO2/c14-8-5-7(6-9(15)12(8)16)13(19)17-10-3-1-2-4-11(10)18/h5-6,10-11,18H,1-4H2,(H,17,19)/t10-,11-/m1/s1. The Hall–Kier alpha value is -1.56. The number of nitrogens with one attached hydrogen (secondary N) is 1. The van der Waals surface area contributed by atoms with E-state index in [0.29, 0.717) is 25.0 Å². The van der Waals surface area contributed by atoms with Crippen LogP contribution in [-0.4, -0.2) is 23.2 Å². The lowest BCUT2D eigenvalue weighted by Gasteiger charge is -2.28. The van der Waals surface area contributed by atoms with Crippen LogP contribution in [-0.2, 0) is 0 Å². The van der Waals surface area contributed by atoms with Gasteiger partial charge in [0.05, 0.1) is 12.1 Å². The maximum absolute atomic E-state index is 13.0. The normalized spacial score (nSPS) is 23.2. The van der Waals surface area contributed by atoms with Gasteiger partial charge in [0.1, 0.15) is 0 Å². The van der Waals surface area contributed by atoms with E-state index in [1.54, 1.807) is 0 Å². The molecule has 1 aromatic carbocycles. The summed E-state index contributed by atoms with van der Waals surface area (Å²) in [6.45, 7) is 0. The highest BCUT2D eigenvalue weighted by atomic mass is 19.2. The number of benzene rings is 1. The minimum Gasteiger partial charge on any atom is -0.391 e. The summed E-state index contributed by atoms with van der Waals surface area (Å²) in [6, 6.07) is 0.851. The van der Waals surface area contributed by atoms with E-state index in [9.17, 15) is 23.1 Å². The first-order valence-electron chi connectivity index (χ1n) is 6.12. The van der Waals surface area contributed by atoms with Crippen LogP contribution in [0.25, 0.3) is 0 Å². The maximum atomic E-state index is 13.0. The van der Waals surface area contributed by atoms with Crippen molar-refractivity contribution >= 4 is 5.91 Å².